The van der Waals surface area contributed by atoms with Crippen LogP contribution in [0.15, 0.2) is 41.1 Å². The van der Waals surface area contributed by atoms with E-state index in [0.717, 1.165) is 5.69 Å². The molecular weight excluding hydrogens is 387 g/mol. The van der Waals surface area contributed by atoms with Crippen LogP contribution in [0.1, 0.15) is 18.3 Å². The number of hydrogen-bond acceptors (Lipinski definition) is 6. The van der Waals surface area contributed by atoms with E-state index in [1.807, 2.05) is 12.3 Å². The van der Waals surface area contributed by atoms with Gasteiger partial charge in [0.1, 0.15) is 5.82 Å². The van der Waals surface area contributed by atoms with E-state index in [4.69, 9.17) is 0 Å². The van der Waals surface area contributed by atoms with Crippen LogP contribution < -0.4 is 10.2 Å². The first kappa shape index (κ1) is 18.9. The zero-order valence-corrected chi connectivity index (χ0v) is 16.1. The fraction of sp³-hybridized carbons (Fsp3) is 0.111. The molecule has 3 aromatic rings. The van der Waals surface area contributed by atoms with Crippen LogP contribution in [0, 0.1) is 12.7 Å². The second-order valence-corrected chi connectivity index (χ2v) is 7.17. The van der Waals surface area contributed by atoms with Crippen LogP contribution in [0.5, 0.6) is 0 Å². The van der Waals surface area contributed by atoms with E-state index >= 15 is 0 Å². The maximum Gasteiger partial charge on any atom is 0.250 e. The second-order valence-electron chi connectivity index (χ2n) is 5.48. The van der Waals surface area contributed by atoms with Crippen molar-refractivity contribution in [2.75, 3.05) is 10.2 Å². The highest BCUT2D eigenvalue weighted by Crippen LogP contribution is 2.31. The molecule has 138 valence electrons. The molecule has 1 aromatic carbocycles. The second kappa shape index (κ2) is 8.19. The molecule has 6 nitrogen and oxygen atoms in total. The number of para-hydroxylation sites is 1. The number of hydrogen-bond donors (Lipinski definition) is 1. The van der Waals surface area contributed by atoms with Gasteiger partial charge in [-0.15, -0.1) is 22.7 Å². The maximum atomic E-state index is 14.1. The Hall–Kier alpha value is -2.91. The largest absolute Gasteiger partial charge is 0.298 e. The van der Waals surface area contributed by atoms with Crippen molar-refractivity contribution in [3.63, 3.8) is 0 Å². The van der Waals surface area contributed by atoms with Crippen LogP contribution in [0.25, 0.3) is 6.08 Å². The van der Waals surface area contributed by atoms with Crippen molar-refractivity contribution in [3.8, 4) is 0 Å². The van der Waals surface area contributed by atoms with Gasteiger partial charge in [0.2, 0.25) is 11.8 Å². The summed E-state index contributed by atoms with van der Waals surface area (Å²) in [5.74, 6) is -1.21. The minimum absolute atomic E-state index is 0.131. The summed E-state index contributed by atoms with van der Waals surface area (Å²) in [6.45, 7) is 3.18. The Labute approximate surface area is 163 Å². The summed E-state index contributed by atoms with van der Waals surface area (Å²) in [5, 5.41) is 7.02. The molecule has 0 spiro atoms. The molecule has 2 amide bonds. The lowest BCUT2D eigenvalue weighted by atomic mass is 10.3. The average molecular weight is 402 g/mol. The average Bonchev–Trinajstić information content (AvgIpc) is 3.24. The summed E-state index contributed by atoms with van der Waals surface area (Å²) in [4.78, 5) is 33.6. The Morgan fingerprint density at radius 2 is 1.96 bits per heavy atom. The lowest BCUT2D eigenvalue weighted by Crippen LogP contribution is -2.23. The van der Waals surface area contributed by atoms with E-state index in [-0.39, 0.29) is 17.5 Å². The van der Waals surface area contributed by atoms with Gasteiger partial charge < -0.3 is 0 Å². The normalized spacial score (nSPS) is 10.9. The van der Waals surface area contributed by atoms with E-state index in [0.29, 0.717) is 16.0 Å². The van der Waals surface area contributed by atoms with Crippen LogP contribution in [-0.4, -0.2) is 21.8 Å². The number of aryl methyl sites for hydroxylation is 1. The van der Waals surface area contributed by atoms with Gasteiger partial charge in [-0.3, -0.25) is 19.8 Å². The number of amides is 2. The number of rotatable bonds is 5. The molecule has 0 aliphatic carbocycles. The summed E-state index contributed by atoms with van der Waals surface area (Å²) in [5.41, 5.74) is 1.45. The highest BCUT2D eigenvalue weighted by Gasteiger charge is 2.20. The predicted molar refractivity (Wildman–Crippen MR) is 106 cm³/mol. The van der Waals surface area contributed by atoms with Crippen molar-refractivity contribution >= 4 is 56.5 Å². The number of carbonyl (C=O) groups excluding carboxylic acids is 2. The van der Waals surface area contributed by atoms with Gasteiger partial charge in [0.05, 0.1) is 17.1 Å². The van der Waals surface area contributed by atoms with Crippen LogP contribution in [0.2, 0.25) is 0 Å². The number of nitrogens with zero attached hydrogens (tertiary/aromatic N) is 3. The number of aromatic nitrogens is 2. The van der Waals surface area contributed by atoms with Crippen molar-refractivity contribution in [2.24, 2.45) is 0 Å². The first-order valence-electron chi connectivity index (χ1n) is 7.86. The number of anilines is 3. The molecular formula is C18H15FN4O2S2. The molecule has 0 aliphatic rings. The molecule has 0 saturated heterocycles. The monoisotopic (exact) mass is 402 g/mol. The predicted octanol–water partition coefficient (Wildman–Crippen LogP) is 4.38. The fourth-order valence-electron chi connectivity index (χ4n) is 2.22. The zero-order valence-electron chi connectivity index (χ0n) is 14.5. The summed E-state index contributed by atoms with van der Waals surface area (Å²) in [6.07, 6.45) is 2.85. The molecule has 9 heteroatoms. The van der Waals surface area contributed by atoms with Crippen molar-refractivity contribution in [1.29, 1.82) is 0 Å². The molecule has 2 aromatic heterocycles. The summed E-state index contributed by atoms with van der Waals surface area (Å²) >= 11 is 2.52. The topological polar surface area (TPSA) is 75.2 Å². The highest BCUT2D eigenvalue weighted by atomic mass is 32.1. The lowest BCUT2D eigenvalue weighted by Gasteiger charge is -2.18. The Kier molecular flexibility index (Phi) is 5.72. The fourth-order valence-corrected chi connectivity index (χ4v) is 3.75. The van der Waals surface area contributed by atoms with Crippen molar-refractivity contribution in [3.05, 3.63) is 58.3 Å². The third-order valence-corrected chi connectivity index (χ3v) is 5.08. The first-order chi connectivity index (χ1) is 12.9. The van der Waals surface area contributed by atoms with Gasteiger partial charge in [-0.25, -0.2) is 14.4 Å². The third kappa shape index (κ3) is 4.63. The van der Waals surface area contributed by atoms with Gasteiger partial charge >= 0.3 is 0 Å². The highest BCUT2D eigenvalue weighted by molar-refractivity contribution is 7.14. The van der Waals surface area contributed by atoms with E-state index in [9.17, 15) is 14.0 Å². The first-order valence-corrected chi connectivity index (χ1v) is 9.62. The molecule has 2 heterocycles. The zero-order chi connectivity index (χ0) is 19.4. The van der Waals surface area contributed by atoms with Gasteiger partial charge in [0.25, 0.3) is 0 Å². The molecule has 0 saturated carbocycles. The summed E-state index contributed by atoms with van der Waals surface area (Å²) in [6, 6.07) is 5.99. The van der Waals surface area contributed by atoms with Crippen molar-refractivity contribution < 1.29 is 14.0 Å². The number of carbonyl (C=O) groups is 2. The minimum Gasteiger partial charge on any atom is -0.298 e. The van der Waals surface area contributed by atoms with E-state index in [2.05, 4.69) is 15.3 Å². The standard InChI is InChI=1S/C18H15FN4O2S2/c1-11-9-26-17(20-11)22-16(25)8-7-13-10-27-18(21-13)23(12(2)24)15-6-4-3-5-14(15)19/h3-10H,1-2H3,(H,20,22,25)/b8-7+. The molecule has 0 bridgehead atoms. The van der Waals surface area contributed by atoms with Crippen molar-refractivity contribution in [1.82, 2.24) is 9.97 Å². The summed E-state index contributed by atoms with van der Waals surface area (Å²) < 4.78 is 14.1. The molecule has 0 fully saturated rings. The Balaban J connectivity index is 1.75. The molecule has 0 aliphatic heterocycles. The molecule has 0 radical (unpaired) electrons. The van der Waals surface area contributed by atoms with Crippen LogP contribution in [0.4, 0.5) is 20.3 Å². The lowest BCUT2D eigenvalue weighted by molar-refractivity contribution is -0.116. The number of halogens is 1. The smallest absolute Gasteiger partial charge is 0.250 e. The van der Waals surface area contributed by atoms with Crippen LogP contribution >= 0.6 is 22.7 Å². The van der Waals surface area contributed by atoms with Gasteiger partial charge in [0, 0.05) is 23.8 Å². The third-order valence-electron chi connectivity index (χ3n) is 3.36. The van der Waals surface area contributed by atoms with Gasteiger partial charge in [-0.1, -0.05) is 12.1 Å². The maximum absolute atomic E-state index is 14.1. The molecule has 3 rings (SSSR count). The van der Waals surface area contributed by atoms with E-state index in [1.54, 1.807) is 17.5 Å². The van der Waals surface area contributed by atoms with Gasteiger partial charge in [-0.2, -0.15) is 0 Å². The Morgan fingerprint density at radius 3 is 2.63 bits per heavy atom. The van der Waals surface area contributed by atoms with E-state index in [1.165, 1.54) is 58.8 Å². The van der Waals surface area contributed by atoms with Gasteiger partial charge in [0.15, 0.2) is 10.3 Å². The number of thiazole rings is 2. The SMILES string of the molecule is CC(=O)N(c1nc(/C=C/C(=O)Nc2nc(C)cs2)cs1)c1ccccc1F. The van der Waals surface area contributed by atoms with Crippen LogP contribution in [-0.2, 0) is 9.59 Å². The Bertz CT molecular complexity index is 1010. The quantitative estimate of drug-likeness (QED) is 0.643. The molecule has 1 N–H and O–H groups in total. The summed E-state index contributed by atoms with van der Waals surface area (Å²) in [7, 11) is 0. The molecule has 0 atom stereocenters. The van der Waals surface area contributed by atoms with Crippen LogP contribution in [0.3, 0.4) is 0 Å². The minimum atomic E-state index is -0.516. The molecule has 0 unspecified atom stereocenters. The molecule has 27 heavy (non-hydrogen) atoms. The number of nitrogens with one attached hydrogen (secondary N) is 1. The Morgan fingerprint density at radius 1 is 1.19 bits per heavy atom. The van der Waals surface area contributed by atoms with Gasteiger partial charge in [-0.05, 0) is 25.1 Å². The van der Waals surface area contributed by atoms with Crippen molar-refractivity contribution in [2.45, 2.75) is 13.8 Å². The van der Waals surface area contributed by atoms with E-state index < -0.39 is 5.82 Å². The number of benzene rings is 1.